The van der Waals surface area contributed by atoms with E-state index in [1.165, 1.54) is 70.8 Å². The van der Waals surface area contributed by atoms with Gasteiger partial charge in [0.05, 0.1) is 87.7 Å². The molecule has 30 nitrogen and oxygen atoms in total. The number of amides is 3. The summed E-state index contributed by atoms with van der Waals surface area (Å²) in [5.41, 5.74) is 10.6. The zero-order valence-electron chi connectivity index (χ0n) is 73.4. The van der Waals surface area contributed by atoms with Gasteiger partial charge in [0, 0.05) is 73.1 Å². The number of carbonyl (C=O) groups excluding carboxylic acids is 6. The second-order valence-corrected chi connectivity index (χ2v) is 38.4. The smallest absolute Gasteiger partial charge is 0.451 e. The standard InChI is InChI=1S/2C33H28F2N4O6S.C32H26F2N4O6S/c2*1-43-32(42)45-17-44-29-22(40)9-13-38-28(29)31(41)37-14-12-33(10-4-11-33)15-23(37)39(38)27-18-5-2-3-6-19(18)30-26(36-16-46-30)24-20(27)7-8-21(34)25(24)35;1-42-31(41)44-16-43-28-21(39)8-12-37-27(28)30(40)36-13-11-32(9-10-32)14-22(36)38(37)26-17-4-2-3-5-18(17)29-25(35-15-45-29)23-19(26)6-7-20(33)24(23)34/h2*2-3,5-9,13,16,23,27H,4,10-12,14-15,17H2,1H3;2-8,12,15,22,26H,9-11,13-14,16H2,1H3/t23-,27-;;/m1../s1. The molecule has 3 saturated heterocycles. The van der Waals surface area contributed by atoms with E-state index in [0.717, 1.165) is 144 Å². The average Bonchev–Trinajstić information content (AvgIpc) is 1.70. The van der Waals surface area contributed by atoms with Gasteiger partial charge in [0.25, 0.3) is 17.7 Å². The monoisotopic (exact) mass is 1920 g/mol. The van der Waals surface area contributed by atoms with E-state index in [1.807, 2.05) is 87.8 Å². The molecular formula is C98H82F6N12O18S3. The molecule has 39 heteroatoms. The van der Waals surface area contributed by atoms with Crippen LogP contribution in [0, 0.1) is 51.1 Å². The van der Waals surface area contributed by atoms with Crippen molar-refractivity contribution in [3.05, 3.63) is 279 Å². The topological polar surface area (TPSA) is 310 Å². The Labute approximate surface area is 787 Å². The van der Waals surface area contributed by atoms with Crippen LogP contribution in [0.5, 0.6) is 17.2 Å². The first-order valence-electron chi connectivity index (χ1n) is 44.5. The molecule has 6 aliphatic carbocycles. The minimum atomic E-state index is -1.01. The maximum absolute atomic E-state index is 16.0. The Morgan fingerprint density at radius 2 is 0.650 bits per heavy atom. The molecule has 0 N–H and O–H groups in total. The maximum Gasteiger partial charge on any atom is 0.510 e. The number of thiazole rings is 3. The summed E-state index contributed by atoms with van der Waals surface area (Å²) in [5.74, 6) is -8.10. The number of ether oxygens (including phenoxy) is 9. The molecular weight excluding hydrogens is 1840 g/mol. The van der Waals surface area contributed by atoms with Crippen molar-refractivity contribution < 1.29 is 97.7 Å². The number of piperidine rings is 3. The number of halogens is 6. The first-order valence-corrected chi connectivity index (χ1v) is 47.2. The molecule has 6 fully saturated rings. The Balaban J connectivity index is 0.000000119. The lowest BCUT2D eigenvalue weighted by Gasteiger charge is -2.58. The van der Waals surface area contributed by atoms with E-state index in [4.69, 9.17) is 28.4 Å². The summed E-state index contributed by atoms with van der Waals surface area (Å²) in [6.07, 6.45) is 12.9. The third kappa shape index (κ3) is 14.3. The molecule has 12 aliphatic rings. The van der Waals surface area contributed by atoms with Crippen LogP contribution in [0.25, 0.3) is 65.1 Å². The van der Waals surface area contributed by atoms with Crippen LogP contribution in [-0.2, 0) is 28.4 Å². The van der Waals surface area contributed by atoms with Crippen LogP contribution >= 0.6 is 34.0 Å². The number of methoxy groups -OCH3 is 3. The largest absolute Gasteiger partial charge is 0.510 e. The summed E-state index contributed by atoms with van der Waals surface area (Å²) in [7, 11) is 3.41. The zero-order chi connectivity index (χ0) is 94.5. The first-order chi connectivity index (χ1) is 66.4. The fourth-order valence-corrected chi connectivity index (χ4v) is 24.7. The van der Waals surface area contributed by atoms with Crippen LogP contribution in [0.15, 0.2) is 177 Å². The Bertz CT molecular complexity index is 6950. The molecule has 137 heavy (non-hydrogen) atoms. The molecule has 4 unspecified atom stereocenters. The minimum Gasteiger partial charge on any atom is -0.451 e. The molecule has 6 aromatic carbocycles. The lowest BCUT2D eigenvalue weighted by molar-refractivity contribution is -0.0182. The highest BCUT2D eigenvalue weighted by Gasteiger charge is 2.59. The normalized spacial score (nSPS) is 20.3. The molecule has 0 bridgehead atoms. The molecule has 702 valence electrons. The van der Waals surface area contributed by atoms with Gasteiger partial charge in [-0.1, -0.05) is 104 Å². The van der Waals surface area contributed by atoms with Gasteiger partial charge in [0.1, 0.15) is 18.5 Å². The molecule has 6 aliphatic heterocycles. The second kappa shape index (κ2) is 34.2. The summed E-state index contributed by atoms with van der Waals surface area (Å²) in [6.45, 7) is -0.669. The molecule has 6 aromatic heterocycles. The molecule has 0 radical (unpaired) electrons. The van der Waals surface area contributed by atoms with Crippen LogP contribution < -0.4 is 45.5 Å². The number of fused-ring (bicyclic) bond motifs is 21. The summed E-state index contributed by atoms with van der Waals surface area (Å²) in [4.78, 5) is 138. The molecule has 3 amide bonds. The third-order valence-electron chi connectivity index (χ3n) is 29.1. The van der Waals surface area contributed by atoms with Crippen molar-refractivity contribution in [1.82, 2.24) is 43.7 Å². The van der Waals surface area contributed by atoms with E-state index < -0.39 is 144 Å². The van der Waals surface area contributed by atoms with E-state index in [1.54, 1.807) is 63.5 Å². The third-order valence-corrected chi connectivity index (χ3v) is 31.7. The van der Waals surface area contributed by atoms with Crippen molar-refractivity contribution in [2.75, 3.05) is 76.4 Å². The number of hydrogen-bond acceptors (Lipinski definition) is 27. The predicted octanol–water partition coefficient (Wildman–Crippen LogP) is 17.1. The first kappa shape index (κ1) is 88.0. The van der Waals surface area contributed by atoms with E-state index in [9.17, 15) is 56.3 Å². The second-order valence-electron chi connectivity index (χ2n) is 35.9. The lowest BCUT2D eigenvalue weighted by atomic mass is 9.62. The van der Waals surface area contributed by atoms with Crippen molar-refractivity contribution in [3.63, 3.8) is 0 Å². The van der Waals surface area contributed by atoms with Gasteiger partial charge in [-0.05, 0) is 162 Å². The summed E-state index contributed by atoms with van der Waals surface area (Å²) < 4.78 is 143. The Hall–Kier alpha value is -14.3. The van der Waals surface area contributed by atoms with E-state index in [0.29, 0.717) is 87.3 Å². The quantitative estimate of drug-likeness (QED) is 0.0475. The number of pyridine rings is 3. The van der Waals surface area contributed by atoms with Crippen LogP contribution in [0.4, 0.5) is 40.7 Å². The van der Waals surface area contributed by atoms with E-state index >= 15 is 13.2 Å². The molecule has 24 rings (SSSR count). The van der Waals surface area contributed by atoms with Gasteiger partial charge in [0.15, 0.2) is 52.0 Å². The van der Waals surface area contributed by atoms with E-state index in [-0.39, 0.29) is 67.3 Å². The lowest BCUT2D eigenvalue weighted by Crippen LogP contribution is -2.66. The number of nitrogens with zero attached hydrogens (tertiary/aromatic N) is 12. The van der Waals surface area contributed by atoms with Crippen molar-refractivity contribution in [3.8, 4) is 82.3 Å². The summed E-state index contributed by atoms with van der Waals surface area (Å²) >= 11 is 4.03. The van der Waals surface area contributed by atoms with Gasteiger partial charge < -0.3 is 57.3 Å². The fourth-order valence-electron chi connectivity index (χ4n) is 22.2. The number of benzene rings is 6. The Morgan fingerprint density at radius 1 is 0.365 bits per heavy atom. The van der Waals surface area contributed by atoms with Gasteiger partial charge in [-0.25, -0.2) is 55.7 Å². The van der Waals surface area contributed by atoms with E-state index in [2.05, 4.69) is 29.2 Å². The van der Waals surface area contributed by atoms with Crippen molar-refractivity contribution in [2.45, 2.75) is 127 Å². The van der Waals surface area contributed by atoms with Crippen LogP contribution in [0.2, 0.25) is 0 Å². The van der Waals surface area contributed by atoms with Crippen molar-refractivity contribution in [2.24, 2.45) is 16.2 Å². The Kier molecular flexibility index (Phi) is 21.9. The maximum atomic E-state index is 16.0. The van der Waals surface area contributed by atoms with Gasteiger partial charge >= 0.3 is 18.5 Å². The van der Waals surface area contributed by atoms with Gasteiger partial charge in [-0.2, -0.15) is 0 Å². The highest BCUT2D eigenvalue weighted by Crippen LogP contribution is 2.62. The fraction of sp³-hybridized carbons (Fsp3) is 0.327. The van der Waals surface area contributed by atoms with Crippen LogP contribution in [-0.4, -0.2) is 160 Å². The highest BCUT2D eigenvalue weighted by atomic mass is 32.1. The number of hydrogen-bond donors (Lipinski definition) is 0. The summed E-state index contributed by atoms with van der Waals surface area (Å²) in [5, 5.41) is 5.97. The number of carbonyl (C=O) groups is 6. The van der Waals surface area contributed by atoms with Crippen LogP contribution in [0.3, 0.4) is 0 Å². The molecule has 3 spiro atoms. The Morgan fingerprint density at radius 3 is 0.920 bits per heavy atom. The minimum absolute atomic E-state index is 0.0468. The highest BCUT2D eigenvalue weighted by molar-refractivity contribution is 7.14. The average molecular weight is 1930 g/mol. The van der Waals surface area contributed by atoms with Gasteiger partial charge in [-0.15, -0.1) is 34.0 Å². The van der Waals surface area contributed by atoms with Crippen LogP contribution in [0.1, 0.15) is 173 Å². The van der Waals surface area contributed by atoms with Crippen molar-refractivity contribution >= 4 is 70.2 Å². The molecule has 12 heterocycles. The molecule has 6 atom stereocenters. The SMILES string of the molecule is COC(=O)OCOc1c2n(ccc1=O)N(C1c3ccccc3-c3scnc3-c3c1ccc(F)c3F)C1CC3(CCC3)CCN1C2=O.COC(=O)OCOc1c2n(ccc1=O)N(C1c3ccccc3-c3scnc3-c3c1ccc(F)c3F)C1CC3(CCN1C2=O)CC3.COC(=O)OCOc1c2n(ccc1=O)N([C@@H]1c3ccccc3-c3scnc3-c3c1ccc(F)c3F)[C@@H]1CC3(CCC3)CCN1C2=O. The van der Waals surface area contributed by atoms with Gasteiger partial charge in [0.2, 0.25) is 53.9 Å². The van der Waals surface area contributed by atoms with Crippen molar-refractivity contribution in [1.29, 1.82) is 0 Å². The predicted molar refractivity (Wildman–Crippen MR) is 484 cm³/mol. The van der Waals surface area contributed by atoms with Gasteiger partial charge in [-0.3, -0.25) is 57.8 Å². The molecule has 3 saturated carbocycles. The summed E-state index contributed by atoms with van der Waals surface area (Å²) in [6, 6.07) is 32.7. The number of rotatable bonds is 12. The zero-order valence-corrected chi connectivity index (χ0v) is 75.9. The molecule has 12 aromatic rings. The number of aromatic nitrogens is 6.